The van der Waals surface area contributed by atoms with Gasteiger partial charge in [-0.25, -0.2) is 0 Å². The third-order valence-electron chi connectivity index (χ3n) is 8.56. The fraction of sp³-hybridized carbons (Fsp3) is 0.256. The standard InChI is InChI=1S/C21H25.C13H9Cl.C5H5.2ClH.Zr/c1-20(2,3)16-9-7-14-11-15-8-10-17(21(4,5)6)13-19(15)18(14)12-16;14-13-8-6-12(7-9-13)10-11-4-2-1-3-5-11;1-2-4-5-3-1;;;/h7,9-10,12-13H,11H2,1-6H3;1-9H;1-3H,4H2;2*1H;/q;;;;;+2/p-2. The van der Waals surface area contributed by atoms with E-state index in [2.05, 4.69) is 145 Å². The number of hydrogen-bond acceptors (Lipinski definition) is 0. The molecule has 0 aliphatic heterocycles. The Hall–Kier alpha value is -2.02. The van der Waals surface area contributed by atoms with Crippen LogP contribution < -0.4 is 28.1 Å². The molecule has 43 heavy (non-hydrogen) atoms. The fourth-order valence-corrected chi connectivity index (χ4v) is 14.3. The molecule has 2 aliphatic carbocycles. The second-order valence-corrected chi connectivity index (χ2v) is 20.0. The molecule has 0 fully saturated rings. The van der Waals surface area contributed by atoms with E-state index in [1.54, 1.807) is 15.3 Å². The van der Waals surface area contributed by atoms with Gasteiger partial charge in [-0.2, -0.15) is 0 Å². The predicted octanol–water partition coefficient (Wildman–Crippen LogP) is 3.87. The number of halogens is 3. The Balaban J connectivity index is 0.00000212. The van der Waals surface area contributed by atoms with Gasteiger partial charge in [0.25, 0.3) is 0 Å². The van der Waals surface area contributed by atoms with Crippen molar-refractivity contribution in [2.75, 3.05) is 0 Å². The van der Waals surface area contributed by atoms with Crippen molar-refractivity contribution in [2.45, 2.75) is 65.2 Å². The normalized spacial score (nSPS) is 13.8. The molecule has 0 nitrogen and oxygen atoms in total. The van der Waals surface area contributed by atoms with Gasteiger partial charge in [0.1, 0.15) is 0 Å². The average molecular weight is 705 g/mol. The Morgan fingerprint density at radius 1 is 0.698 bits per heavy atom. The zero-order chi connectivity index (χ0) is 28.9. The fourth-order valence-electron chi connectivity index (χ4n) is 6.17. The summed E-state index contributed by atoms with van der Waals surface area (Å²) in [7, 11) is 0. The SMILES string of the molecule is CC(C)(C)c1ccc2c(c1)-c1cc(C(C)(C)C)c[c](/[Zr+2]([C]3=CC=CC3)=[C](/c3ccccc3)c3ccc(Cl)cc3)c1C2.[Cl-].[Cl-]. The van der Waals surface area contributed by atoms with Gasteiger partial charge in [-0.1, -0.05) is 0 Å². The topological polar surface area (TPSA) is 0 Å². The molecule has 4 aromatic carbocycles. The first-order valence-corrected chi connectivity index (χ1v) is 18.8. The molecule has 0 saturated heterocycles. The first-order chi connectivity index (χ1) is 19.5. The number of fused-ring (bicyclic) bond motifs is 3. The van der Waals surface area contributed by atoms with E-state index in [0.717, 1.165) is 17.9 Å². The molecular formula is C39H39Cl3Zr. The monoisotopic (exact) mass is 702 g/mol. The van der Waals surface area contributed by atoms with Crippen molar-refractivity contribution in [1.82, 2.24) is 0 Å². The van der Waals surface area contributed by atoms with Gasteiger partial charge in [0.05, 0.1) is 0 Å². The minimum absolute atomic E-state index is 0. The van der Waals surface area contributed by atoms with Crippen LogP contribution in [0.5, 0.6) is 0 Å². The molecule has 4 heteroatoms. The van der Waals surface area contributed by atoms with Gasteiger partial charge in [0.2, 0.25) is 0 Å². The van der Waals surface area contributed by atoms with Crippen LogP contribution in [-0.2, 0) is 38.5 Å². The zero-order valence-corrected chi connectivity index (χ0v) is 30.6. The molecule has 0 bridgehead atoms. The van der Waals surface area contributed by atoms with Crippen LogP contribution >= 0.6 is 11.6 Å². The summed E-state index contributed by atoms with van der Waals surface area (Å²) in [5.74, 6) is 0. The van der Waals surface area contributed by atoms with Crippen molar-refractivity contribution in [3.63, 3.8) is 0 Å². The van der Waals surface area contributed by atoms with Gasteiger partial charge in [0.15, 0.2) is 0 Å². The summed E-state index contributed by atoms with van der Waals surface area (Å²) >= 11 is 3.70. The molecule has 0 spiro atoms. The van der Waals surface area contributed by atoms with Crippen LogP contribution in [0.4, 0.5) is 0 Å². The molecule has 0 unspecified atom stereocenters. The van der Waals surface area contributed by atoms with Crippen LogP contribution in [0.2, 0.25) is 5.02 Å². The molecule has 4 aromatic rings. The van der Waals surface area contributed by atoms with Crippen molar-refractivity contribution in [2.24, 2.45) is 0 Å². The average Bonchev–Trinajstić information content (AvgIpc) is 3.59. The first-order valence-electron chi connectivity index (χ1n) is 14.7. The van der Waals surface area contributed by atoms with Crippen molar-refractivity contribution in [3.8, 4) is 11.1 Å². The minimum Gasteiger partial charge on any atom is -1.00 e. The summed E-state index contributed by atoms with van der Waals surface area (Å²) < 4.78 is 4.81. The van der Waals surface area contributed by atoms with Crippen LogP contribution in [-0.4, -0.2) is 3.21 Å². The van der Waals surface area contributed by atoms with Gasteiger partial charge in [-0.05, 0) is 0 Å². The van der Waals surface area contributed by atoms with Crippen LogP contribution in [0.1, 0.15) is 81.3 Å². The largest absolute Gasteiger partial charge is 1.00 e. The summed E-state index contributed by atoms with van der Waals surface area (Å²) in [5, 5.41) is 0.786. The van der Waals surface area contributed by atoms with Crippen LogP contribution in [0.3, 0.4) is 0 Å². The predicted molar refractivity (Wildman–Crippen MR) is 175 cm³/mol. The summed E-state index contributed by atoms with van der Waals surface area (Å²) in [5.41, 5.74) is 11.6. The maximum atomic E-state index is 6.42. The first kappa shape index (κ1) is 33.9. The van der Waals surface area contributed by atoms with Gasteiger partial charge < -0.3 is 24.8 Å². The van der Waals surface area contributed by atoms with E-state index in [9.17, 15) is 0 Å². The van der Waals surface area contributed by atoms with E-state index in [1.807, 2.05) is 0 Å². The third kappa shape index (κ3) is 6.82. The number of rotatable bonds is 4. The van der Waals surface area contributed by atoms with Crippen LogP contribution in [0, 0.1) is 0 Å². The number of benzene rings is 4. The van der Waals surface area contributed by atoms with E-state index in [-0.39, 0.29) is 35.6 Å². The molecule has 0 heterocycles. The molecule has 0 saturated carbocycles. The van der Waals surface area contributed by atoms with E-state index in [0.29, 0.717) is 0 Å². The zero-order valence-electron chi connectivity index (χ0n) is 25.9. The maximum absolute atomic E-state index is 6.42. The molecule has 0 N–H and O–H groups in total. The Kier molecular flexibility index (Phi) is 10.4. The Labute approximate surface area is 283 Å². The van der Waals surface area contributed by atoms with Gasteiger partial charge in [-0.3, -0.25) is 0 Å². The molecule has 220 valence electrons. The number of allylic oxidation sites excluding steroid dienone is 4. The summed E-state index contributed by atoms with van der Waals surface area (Å²) in [4.78, 5) is 0. The smallest absolute Gasteiger partial charge is 1.00 e. The van der Waals surface area contributed by atoms with Crippen molar-refractivity contribution < 1.29 is 46.1 Å². The molecule has 0 amide bonds. The third-order valence-corrected chi connectivity index (χ3v) is 16.4. The molecule has 2 aliphatic rings. The second kappa shape index (κ2) is 13.1. The molecule has 6 rings (SSSR count). The second-order valence-electron chi connectivity index (χ2n) is 13.5. The van der Waals surface area contributed by atoms with E-state index in [4.69, 9.17) is 11.6 Å². The van der Waals surface area contributed by atoms with E-state index < -0.39 is 21.3 Å². The van der Waals surface area contributed by atoms with Gasteiger partial charge in [0, 0.05) is 0 Å². The minimum atomic E-state index is -2.71. The van der Waals surface area contributed by atoms with Crippen LogP contribution in [0.15, 0.2) is 106 Å². The Morgan fingerprint density at radius 3 is 1.93 bits per heavy atom. The number of hydrogen-bond donors (Lipinski definition) is 0. The van der Waals surface area contributed by atoms with E-state index >= 15 is 0 Å². The summed E-state index contributed by atoms with van der Waals surface area (Å²) in [6, 6.07) is 32.1. The van der Waals surface area contributed by atoms with Gasteiger partial charge in [-0.15, -0.1) is 0 Å². The Morgan fingerprint density at radius 2 is 1.33 bits per heavy atom. The molecule has 0 radical (unpaired) electrons. The maximum Gasteiger partial charge on any atom is -1.00 e. The Bertz CT molecular complexity index is 1730. The summed E-state index contributed by atoms with van der Waals surface area (Å²) in [6.07, 6.45) is 9.12. The quantitative estimate of drug-likeness (QED) is 0.267. The summed E-state index contributed by atoms with van der Waals surface area (Å²) in [6.45, 7) is 14.0. The van der Waals surface area contributed by atoms with Gasteiger partial charge >= 0.3 is 261 Å². The van der Waals surface area contributed by atoms with E-state index in [1.165, 1.54) is 38.9 Å². The molecule has 0 aromatic heterocycles. The van der Waals surface area contributed by atoms with Crippen LogP contribution in [0.25, 0.3) is 11.1 Å². The van der Waals surface area contributed by atoms with Crippen molar-refractivity contribution in [3.05, 3.63) is 145 Å². The van der Waals surface area contributed by atoms with Crippen molar-refractivity contribution in [1.29, 1.82) is 0 Å². The van der Waals surface area contributed by atoms with Crippen molar-refractivity contribution >= 4 is 18.1 Å². The molecular weight excluding hydrogens is 666 g/mol. The molecule has 0 atom stereocenters.